The average molecular weight is 716 g/mol. The topological polar surface area (TPSA) is 106 Å². The second-order valence-electron chi connectivity index (χ2n) is 8.59. The molecule has 0 radical (unpaired) electrons. The van der Waals surface area contributed by atoms with E-state index in [4.69, 9.17) is 25.5 Å². The quantitative estimate of drug-likeness (QED) is 0.127. The van der Waals surface area contributed by atoms with Gasteiger partial charge in [0.2, 0.25) is 0 Å². The van der Waals surface area contributed by atoms with Crippen LogP contribution in [0.15, 0.2) is 152 Å². The molecule has 0 fully saturated rings. The summed E-state index contributed by atoms with van der Waals surface area (Å²) in [5, 5.41) is 23.1. The Morgan fingerprint density at radius 3 is 0.773 bits per heavy atom. The molecule has 0 saturated heterocycles. The van der Waals surface area contributed by atoms with Crippen molar-refractivity contribution in [3.8, 4) is 0 Å². The number of anilines is 1. The van der Waals surface area contributed by atoms with Gasteiger partial charge in [0.05, 0.1) is 0 Å². The third kappa shape index (κ3) is 19.5. The van der Waals surface area contributed by atoms with Crippen LogP contribution in [0, 0.1) is 13.3 Å². The molecule has 232 valence electrons. The van der Waals surface area contributed by atoms with Gasteiger partial charge in [0, 0.05) is 17.6 Å². The van der Waals surface area contributed by atoms with E-state index in [1.807, 2.05) is 54.6 Å². The number of nitrogens with two attached hydrogens (primary N) is 1. The Labute approximate surface area is 278 Å². The van der Waals surface area contributed by atoms with Crippen molar-refractivity contribution >= 4 is 54.7 Å². The third-order valence-electron chi connectivity index (χ3n) is 5.07. The van der Waals surface area contributed by atoms with Crippen molar-refractivity contribution in [2.75, 3.05) is 5.73 Å². The minimum atomic E-state index is -1.08. The van der Waals surface area contributed by atoms with Crippen LogP contribution in [0.2, 0.25) is 0 Å². The number of aliphatic carboxylic acids is 2. The summed E-state index contributed by atoms with van der Waals surface area (Å²) in [5.74, 6) is -2.17. The molecule has 0 spiro atoms. The Hall–Kier alpha value is -3.64. The second-order valence-corrected chi connectivity index (χ2v) is 12.4. The number of rotatable bonds is 4. The van der Waals surface area contributed by atoms with Crippen LogP contribution in [0.5, 0.6) is 0 Å². The number of carboxylic acid groups (broad SMARTS) is 2. The van der Waals surface area contributed by atoms with E-state index >= 15 is 0 Å². The molecular formula is C36H37NO4P2Pd-2. The van der Waals surface area contributed by atoms with Crippen LogP contribution >= 0.6 is 15.8 Å². The van der Waals surface area contributed by atoms with E-state index in [0.29, 0.717) is 0 Å². The van der Waals surface area contributed by atoms with Gasteiger partial charge in [-0.3, -0.25) is 0 Å². The van der Waals surface area contributed by atoms with Crippen LogP contribution in [0.1, 0.15) is 13.8 Å². The number of carbonyl (C=O) groups is 2. The zero-order valence-electron chi connectivity index (χ0n) is 24.8. The van der Waals surface area contributed by atoms with E-state index < -0.39 is 27.8 Å². The van der Waals surface area contributed by atoms with E-state index in [-0.39, 0.29) is 20.4 Å². The molecule has 0 aromatic heterocycles. The molecule has 0 heterocycles. The van der Waals surface area contributed by atoms with E-state index in [1.54, 1.807) is 0 Å². The first-order chi connectivity index (χ1) is 20.6. The predicted octanol–water partition coefficient (Wildman–Crippen LogP) is 4.60. The molecule has 5 aromatic rings. The molecular weight excluding hydrogens is 679 g/mol. The SMILES string of the molecule is CC(=O)[O-].CC(=O)[O-].Nc1ccccc1.[CH2-]P(c1ccccc1)c1ccccc1.[CH2-]P(c1ccccc1)c1ccccc1.[Pd+2]. The Balaban J connectivity index is 0.000000576. The van der Waals surface area contributed by atoms with Crippen molar-refractivity contribution in [3.05, 3.63) is 165 Å². The molecule has 8 heteroatoms. The zero-order chi connectivity index (χ0) is 31.9. The Bertz CT molecular complexity index is 1230. The first kappa shape index (κ1) is 40.4. The van der Waals surface area contributed by atoms with E-state index in [0.717, 1.165) is 19.5 Å². The van der Waals surface area contributed by atoms with Crippen LogP contribution in [-0.2, 0) is 30.0 Å². The minimum Gasteiger partial charge on any atom is -0.550 e. The summed E-state index contributed by atoms with van der Waals surface area (Å²) < 4.78 is 0. The fourth-order valence-electron chi connectivity index (χ4n) is 3.18. The summed E-state index contributed by atoms with van der Waals surface area (Å²) in [6.45, 7) is 10.4. The fourth-order valence-corrected chi connectivity index (χ4v) is 5.91. The van der Waals surface area contributed by atoms with Gasteiger partial charge >= 0.3 is 20.4 Å². The Morgan fingerprint density at radius 2 is 0.636 bits per heavy atom. The molecule has 0 aliphatic heterocycles. The Morgan fingerprint density at radius 1 is 0.477 bits per heavy atom. The average Bonchev–Trinajstić information content (AvgIpc) is 3.02. The van der Waals surface area contributed by atoms with E-state index in [2.05, 4.69) is 110 Å². The van der Waals surface area contributed by atoms with Crippen molar-refractivity contribution in [2.45, 2.75) is 13.8 Å². The summed E-state index contributed by atoms with van der Waals surface area (Å²) >= 11 is 0. The van der Waals surface area contributed by atoms with Crippen molar-refractivity contribution in [3.63, 3.8) is 0 Å². The molecule has 44 heavy (non-hydrogen) atoms. The maximum absolute atomic E-state index is 8.89. The van der Waals surface area contributed by atoms with Crippen molar-refractivity contribution in [2.24, 2.45) is 0 Å². The number of hydrogen-bond donors (Lipinski definition) is 1. The van der Waals surface area contributed by atoms with Crippen LogP contribution < -0.4 is 37.2 Å². The standard InChI is InChI=1S/2C13H12P.C6H7N.2C2H4O2.Pd/c2*1-14(12-8-4-2-5-9-12)13-10-6-3-7-11-13;7-6-4-2-1-3-5-6;2*1-2(3)4;/h2*2-11H,1H2;1-5H,7H2;2*1H3,(H,3,4);/q2*-1;;;;+2/p-2. The van der Waals surface area contributed by atoms with Crippen LogP contribution in [0.3, 0.4) is 0 Å². The predicted molar refractivity (Wildman–Crippen MR) is 181 cm³/mol. The van der Waals surface area contributed by atoms with Crippen molar-refractivity contribution in [1.82, 2.24) is 0 Å². The number of para-hydroxylation sites is 1. The van der Waals surface area contributed by atoms with E-state index in [9.17, 15) is 0 Å². The first-order valence-electron chi connectivity index (χ1n) is 13.2. The smallest absolute Gasteiger partial charge is 0.550 e. The van der Waals surface area contributed by atoms with Gasteiger partial charge in [0.15, 0.2) is 0 Å². The van der Waals surface area contributed by atoms with Gasteiger partial charge in [0.25, 0.3) is 0 Å². The van der Waals surface area contributed by atoms with Crippen molar-refractivity contribution in [1.29, 1.82) is 0 Å². The zero-order valence-corrected chi connectivity index (χ0v) is 28.1. The number of carbonyl (C=O) groups excluding carboxylic acids is 2. The number of carboxylic acids is 2. The largest absolute Gasteiger partial charge is 2.00 e. The van der Waals surface area contributed by atoms with E-state index in [1.165, 1.54) is 21.2 Å². The summed E-state index contributed by atoms with van der Waals surface area (Å²) in [4.78, 5) is 17.8. The van der Waals surface area contributed by atoms with Gasteiger partial charge in [-0.25, -0.2) is 15.8 Å². The molecule has 5 nitrogen and oxygen atoms in total. The first-order valence-corrected chi connectivity index (χ1v) is 16.2. The summed E-state index contributed by atoms with van der Waals surface area (Å²) in [6, 6.07) is 51.3. The van der Waals surface area contributed by atoms with Gasteiger partial charge in [0.1, 0.15) is 0 Å². The van der Waals surface area contributed by atoms with Crippen molar-refractivity contribution < 1.29 is 40.2 Å². The molecule has 0 aliphatic carbocycles. The molecule has 0 unspecified atom stereocenters. The summed E-state index contributed by atoms with van der Waals surface area (Å²) in [6.07, 6.45) is 0. The molecule has 2 N–H and O–H groups in total. The molecule has 0 amide bonds. The maximum atomic E-state index is 8.89. The third-order valence-corrected chi connectivity index (χ3v) is 8.76. The second kappa shape index (κ2) is 24.8. The normalized spacial score (nSPS) is 9.14. The fraction of sp³-hybridized carbons (Fsp3) is 0.0556. The molecule has 5 rings (SSSR count). The molecule has 0 saturated carbocycles. The molecule has 0 bridgehead atoms. The van der Waals surface area contributed by atoms with Gasteiger partial charge in [-0.1, -0.05) is 161 Å². The van der Waals surface area contributed by atoms with Crippen LogP contribution in [-0.4, -0.2) is 11.9 Å². The van der Waals surface area contributed by atoms with Gasteiger partial charge < -0.3 is 38.9 Å². The number of nitrogen functional groups attached to an aromatic ring is 1. The number of benzene rings is 5. The van der Waals surface area contributed by atoms with Crippen LogP contribution in [0.25, 0.3) is 0 Å². The number of hydrogen-bond acceptors (Lipinski definition) is 5. The maximum Gasteiger partial charge on any atom is 2.00 e. The minimum absolute atomic E-state index is 0. The van der Waals surface area contributed by atoms with Gasteiger partial charge in [-0.05, 0) is 26.0 Å². The monoisotopic (exact) mass is 715 g/mol. The van der Waals surface area contributed by atoms with Gasteiger partial charge in [-0.15, -0.1) is 0 Å². The molecule has 0 aliphatic rings. The van der Waals surface area contributed by atoms with Crippen LogP contribution in [0.4, 0.5) is 5.69 Å². The molecule has 0 atom stereocenters. The summed E-state index contributed by atoms with van der Waals surface area (Å²) in [5.41, 5.74) is 6.18. The molecule has 5 aromatic carbocycles. The van der Waals surface area contributed by atoms with Gasteiger partial charge in [-0.2, -0.15) is 0 Å². The summed E-state index contributed by atoms with van der Waals surface area (Å²) in [7, 11) is -0.842. The Kier molecular flexibility index (Phi) is 22.7.